The van der Waals surface area contributed by atoms with Gasteiger partial charge in [0.05, 0.1) is 25.7 Å². The Labute approximate surface area is 191 Å². The standard InChI is InChI=1S/C22H23ClN2O6S/c1-30-19-8-3-14(12-20(19)31-2)11-18(22(27)24-17-9-10-32(28,29)13-17)25-21(26)15-4-6-16(23)7-5-15/h3-8,11-12,17H,9-10,13H2,1-2H3,(H,24,27)(H,25,26)/b18-11-. The number of amides is 2. The maximum absolute atomic E-state index is 12.9. The monoisotopic (exact) mass is 478 g/mol. The molecule has 10 heteroatoms. The lowest BCUT2D eigenvalue weighted by Crippen LogP contribution is -2.41. The van der Waals surface area contributed by atoms with Crippen LogP contribution in [0.2, 0.25) is 5.02 Å². The molecule has 8 nitrogen and oxygen atoms in total. The molecule has 2 aromatic carbocycles. The zero-order chi connectivity index (χ0) is 23.3. The van der Waals surface area contributed by atoms with Gasteiger partial charge in [-0.2, -0.15) is 0 Å². The molecular formula is C22H23ClN2O6S. The Morgan fingerprint density at radius 2 is 1.75 bits per heavy atom. The average molecular weight is 479 g/mol. The number of ether oxygens (including phenoxy) is 2. The third-order valence-corrected chi connectivity index (χ3v) is 6.91. The first-order valence-corrected chi connectivity index (χ1v) is 11.9. The molecular weight excluding hydrogens is 456 g/mol. The number of rotatable bonds is 7. The van der Waals surface area contributed by atoms with E-state index >= 15 is 0 Å². The molecule has 1 fully saturated rings. The second-order valence-electron chi connectivity index (χ2n) is 7.21. The molecule has 0 aliphatic carbocycles. The predicted octanol–water partition coefficient (Wildman–Crippen LogP) is 2.43. The van der Waals surface area contributed by atoms with Gasteiger partial charge in [0.2, 0.25) is 0 Å². The van der Waals surface area contributed by atoms with E-state index in [0.29, 0.717) is 34.1 Å². The van der Waals surface area contributed by atoms with E-state index in [1.165, 1.54) is 32.4 Å². The molecule has 1 saturated heterocycles. The zero-order valence-corrected chi connectivity index (χ0v) is 19.1. The van der Waals surface area contributed by atoms with E-state index in [1.807, 2.05) is 0 Å². The number of nitrogens with one attached hydrogen (secondary N) is 2. The quantitative estimate of drug-likeness (QED) is 0.591. The number of hydrogen-bond acceptors (Lipinski definition) is 6. The largest absolute Gasteiger partial charge is 0.493 e. The number of halogens is 1. The SMILES string of the molecule is COc1ccc(/C=C(\NC(=O)c2ccc(Cl)cc2)C(=O)NC2CCS(=O)(=O)C2)cc1OC. The fraction of sp³-hybridized carbons (Fsp3) is 0.273. The molecule has 0 bridgehead atoms. The van der Waals surface area contributed by atoms with E-state index in [1.54, 1.807) is 30.3 Å². The van der Waals surface area contributed by atoms with Gasteiger partial charge in [-0.1, -0.05) is 17.7 Å². The van der Waals surface area contributed by atoms with E-state index in [2.05, 4.69) is 10.6 Å². The number of benzene rings is 2. The van der Waals surface area contributed by atoms with Gasteiger partial charge in [0.1, 0.15) is 5.70 Å². The summed E-state index contributed by atoms with van der Waals surface area (Å²) < 4.78 is 34.0. The summed E-state index contributed by atoms with van der Waals surface area (Å²) in [5, 5.41) is 5.78. The summed E-state index contributed by atoms with van der Waals surface area (Å²) in [5.41, 5.74) is 0.841. The van der Waals surface area contributed by atoms with E-state index in [4.69, 9.17) is 21.1 Å². The molecule has 0 aromatic heterocycles. The van der Waals surface area contributed by atoms with Crippen LogP contribution >= 0.6 is 11.6 Å². The summed E-state index contributed by atoms with van der Waals surface area (Å²) >= 11 is 5.87. The highest BCUT2D eigenvalue weighted by Crippen LogP contribution is 2.28. The molecule has 0 saturated carbocycles. The van der Waals surface area contributed by atoms with Crippen LogP contribution in [0, 0.1) is 0 Å². The van der Waals surface area contributed by atoms with Crippen molar-refractivity contribution < 1.29 is 27.5 Å². The number of sulfone groups is 1. The second kappa shape index (κ2) is 10.1. The Hall–Kier alpha value is -3.04. The maximum Gasteiger partial charge on any atom is 0.268 e. The maximum atomic E-state index is 12.9. The van der Waals surface area contributed by atoms with Gasteiger partial charge < -0.3 is 20.1 Å². The van der Waals surface area contributed by atoms with Crippen molar-refractivity contribution in [3.8, 4) is 11.5 Å². The van der Waals surface area contributed by atoms with Crippen LogP contribution in [0.5, 0.6) is 11.5 Å². The minimum absolute atomic E-state index is 0.0177. The first-order chi connectivity index (χ1) is 15.2. The van der Waals surface area contributed by atoms with Crippen molar-refractivity contribution in [2.24, 2.45) is 0 Å². The van der Waals surface area contributed by atoms with Gasteiger partial charge in [0.25, 0.3) is 11.8 Å². The van der Waals surface area contributed by atoms with E-state index < -0.39 is 27.7 Å². The smallest absolute Gasteiger partial charge is 0.268 e. The van der Waals surface area contributed by atoms with Crippen LogP contribution in [0.15, 0.2) is 48.2 Å². The molecule has 1 unspecified atom stereocenters. The van der Waals surface area contributed by atoms with Gasteiger partial charge in [0.15, 0.2) is 21.3 Å². The molecule has 3 rings (SSSR count). The van der Waals surface area contributed by atoms with Gasteiger partial charge in [-0.15, -0.1) is 0 Å². The number of carbonyl (C=O) groups is 2. The number of methoxy groups -OCH3 is 2. The van der Waals surface area contributed by atoms with Crippen LogP contribution in [0.4, 0.5) is 0 Å². The first kappa shape index (κ1) is 23.6. The van der Waals surface area contributed by atoms with Gasteiger partial charge in [-0.3, -0.25) is 9.59 Å². The van der Waals surface area contributed by atoms with Crippen molar-refractivity contribution in [3.63, 3.8) is 0 Å². The molecule has 2 amide bonds. The van der Waals surface area contributed by atoms with Gasteiger partial charge in [0, 0.05) is 16.6 Å². The highest BCUT2D eigenvalue weighted by atomic mass is 35.5. The lowest BCUT2D eigenvalue weighted by atomic mass is 10.1. The van der Waals surface area contributed by atoms with Crippen molar-refractivity contribution in [2.45, 2.75) is 12.5 Å². The average Bonchev–Trinajstić information content (AvgIpc) is 3.11. The van der Waals surface area contributed by atoms with Crippen LogP contribution in [-0.4, -0.2) is 52.0 Å². The van der Waals surface area contributed by atoms with Gasteiger partial charge in [-0.25, -0.2) is 8.42 Å². The van der Waals surface area contributed by atoms with Crippen LogP contribution in [0.25, 0.3) is 6.08 Å². The summed E-state index contributed by atoms with van der Waals surface area (Å²) in [6, 6.07) is 10.7. The predicted molar refractivity (Wildman–Crippen MR) is 122 cm³/mol. The highest BCUT2D eigenvalue weighted by molar-refractivity contribution is 7.91. The van der Waals surface area contributed by atoms with Gasteiger partial charge in [-0.05, 0) is 54.5 Å². The lowest BCUT2D eigenvalue weighted by Gasteiger charge is -2.15. The van der Waals surface area contributed by atoms with Crippen LogP contribution < -0.4 is 20.1 Å². The Morgan fingerprint density at radius 3 is 2.34 bits per heavy atom. The molecule has 2 N–H and O–H groups in total. The zero-order valence-electron chi connectivity index (χ0n) is 17.6. The highest BCUT2D eigenvalue weighted by Gasteiger charge is 2.30. The number of hydrogen-bond donors (Lipinski definition) is 2. The molecule has 170 valence electrons. The second-order valence-corrected chi connectivity index (χ2v) is 9.87. The molecule has 1 atom stereocenters. The molecule has 1 aliphatic rings. The first-order valence-electron chi connectivity index (χ1n) is 9.72. The van der Waals surface area contributed by atoms with E-state index in [0.717, 1.165) is 0 Å². The summed E-state index contributed by atoms with van der Waals surface area (Å²) in [7, 11) is -0.181. The summed E-state index contributed by atoms with van der Waals surface area (Å²) in [5.74, 6) is -0.257. The van der Waals surface area contributed by atoms with Crippen molar-refractivity contribution in [3.05, 3.63) is 64.3 Å². The minimum Gasteiger partial charge on any atom is -0.493 e. The summed E-state index contributed by atoms with van der Waals surface area (Å²) in [6.07, 6.45) is 1.80. The third-order valence-electron chi connectivity index (χ3n) is 4.89. The molecule has 1 aliphatic heterocycles. The van der Waals surface area contributed by atoms with Crippen molar-refractivity contribution in [1.29, 1.82) is 0 Å². The molecule has 1 heterocycles. The Balaban J connectivity index is 1.89. The molecule has 2 aromatic rings. The lowest BCUT2D eigenvalue weighted by molar-refractivity contribution is -0.118. The number of carbonyl (C=O) groups excluding carboxylic acids is 2. The van der Waals surface area contributed by atoms with Crippen molar-refractivity contribution >= 4 is 39.3 Å². The topological polar surface area (TPSA) is 111 Å². The van der Waals surface area contributed by atoms with Crippen LogP contribution in [0.3, 0.4) is 0 Å². The summed E-state index contributed by atoms with van der Waals surface area (Å²) in [6.45, 7) is 0. The minimum atomic E-state index is -3.18. The van der Waals surface area contributed by atoms with Crippen LogP contribution in [-0.2, 0) is 14.6 Å². The fourth-order valence-corrected chi connectivity index (χ4v) is 5.03. The van der Waals surface area contributed by atoms with E-state index in [9.17, 15) is 18.0 Å². The molecule has 0 spiro atoms. The Bertz CT molecular complexity index is 1150. The normalized spacial score (nSPS) is 17.5. The van der Waals surface area contributed by atoms with Crippen molar-refractivity contribution in [1.82, 2.24) is 10.6 Å². The van der Waals surface area contributed by atoms with E-state index in [-0.39, 0.29) is 17.2 Å². The molecule has 0 radical (unpaired) electrons. The fourth-order valence-electron chi connectivity index (χ4n) is 3.24. The Morgan fingerprint density at radius 1 is 1.06 bits per heavy atom. The third kappa shape index (κ3) is 6.02. The van der Waals surface area contributed by atoms with Crippen molar-refractivity contribution in [2.75, 3.05) is 25.7 Å². The van der Waals surface area contributed by atoms with Gasteiger partial charge >= 0.3 is 0 Å². The van der Waals surface area contributed by atoms with Crippen LogP contribution in [0.1, 0.15) is 22.3 Å². The Kier molecular flexibility index (Phi) is 7.42. The summed E-state index contributed by atoms with van der Waals surface area (Å²) in [4.78, 5) is 25.7. The molecule has 32 heavy (non-hydrogen) atoms.